The summed E-state index contributed by atoms with van der Waals surface area (Å²) in [6.45, 7) is 3.03. The SMILES string of the molecule is CCC(NCCCc1ncc[nH]1)c1ccccc1O. The molecule has 0 bridgehead atoms. The summed E-state index contributed by atoms with van der Waals surface area (Å²) in [4.78, 5) is 7.30. The number of aromatic hydroxyl groups is 1. The van der Waals surface area contributed by atoms with E-state index in [0.717, 1.165) is 37.2 Å². The number of aromatic nitrogens is 2. The number of H-pyrrole nitrogens is 1. The zero-order valence-corrected chi connectivity index (χ0v) is 11.3. The van der Waals surface area contributed by atoms with Crippen LogP contribution in [0.3, 0.4) is 0 Å². The van der Waals surface area contributed by atoms with Gasteiger partial charge in [-0.1, -0.05) is 25.1 Å². The highest BCUT2D eigenvalue weighted by Crippen LogP contribution is 2.25. The molecule has 19 heavy (non-hydrogen) atoms. The van der Waals surface area contributed by atoms with Crippen molar-refractivity contribution in [2.75, 3.05) is 6.54 Å². The number of nitrogens with one attached hydrogen (secondary N) is 2. The Morgan fingerprint density at radius 3 is 2.89 bits per heavy atom. The average Bonchev–Trinajstić information content (AvgIpc) is 2.93. The van der Waals surface area contributed by atoms with Crippen LogP contribution in [0, 0.1) is 0 Å². The highest BCUT2D eigenvalue weighted by atomic mass is 16.3. The number of aryl methyl sites for hydroxylation is 1. The van der Waals surface area contributed by atoms with Gasteiger partial charge in [0, 0.05) is 30.4 Å². The van der Waals surface area contributed by atoms with E-state index in [1.807, 2.05) is 24.4 Å². The topological polar surface area (TPSA) is 60.9 Å². The van der Waals surface area contributed by atoms with Crippen LogP contribution in [0.4, 0.5) is 0 Å². The molecule has 0 amide bonds. The van der Waals surface area contributed by atoms with E-state index in [1.165, 1.54) is 0 Å². The summed E-state index contributed by atoms with van der Waals surface area (Å²) in [5, 5.41) is 13.4. The molecule has 1 heterocycles. The normalized spacial score (nSPS) is 12.5. The molecule has 4 heteroatoms. The molecule has 0 aliphatic rings. The fourth-order valence-corrected chi connectivity index (χ4v) is 2.22. The minimum atomic E-state index is 0.206. The first-order valence-corrected chi connectivity index (χ1v) is 6.80. The molecule has 3 N–H and O–H groups in total. The first-order chi connectivity index (χ1) is 9.31. The lowest BCUT2D eigenvalue weighted by atomic mass is 10.0. The molecule has 102 valence electrons. The van der Waals surface area contributed by atoms with Crippen LogP contribution in [-0.4, -0.2) is 21.6 Å². The fraction of sp³-hybridized carbons (Fsp3) is 0.400. The summed E-state index contributed by atoms with van der Waals surface area (Å²) in [5.74, 6) is 1.39. The Morgan fingerprint density at radius 2 is 2.21 bits per heavy atom. The Balaban J connectivity index is 1.81. The lowest BCUT2D eigenvalue weighted by Crippen LogP contribution is -2.22. The number of hydrogen-bond acceptors (Lipinski definition) is 3. The van der Waals surface area contributed by atoms with Gasteiger partial charge in [-0.2, -0.15) is 0 Å². The molecule has 1 aromatic heterocycles. The fourth-order valence-electron chi connectivity index (χ4n) is 2.22. The number of benzene rings is 1. The van der Waals surface area contributed by atoms with Gasteiger partial charge in [-0.3, -0.25) is 0 Å². The van der Waals surface area contributed by atoms with E-state index in [2.05, 4.69) is 22.2 Å². The largest absolute Gasteiger partial charge is 0.508 e. The van der Waals surface area contributed by atoms with Gasteiger partial charge in [0.1, 0.15) is 11.6 Å². The summed E-state index contributed by atoms with van der Waals surface area (Å²) < 4.78 is 0. The number of phenols is 1. The molecule has 2 aromatic rings. The standard InChI is InChI=1S/C15H21N3O/c1-2-13(12-6-3-4-7-14(12)19)16-9-5-8-15-17-10-11-18-15/h3-4,6-7,10-11,13,16,19H,2,5,8-9H2,1H3,(H,17,18). The molecule has 2 rings (SSSR count). The molecule has 0 aliphatic carbocycles. The van der Waals surface area contributed by atoms with E-state index in [1.54, 1.807) is 12.3 Å². The highest BCUT2D eigenvalue weighted by molar-refractivity contribution is 5.34. The Labute approximate surface area is 113 Å². The molecule has 1 aromatic carbocycles. The Bertz CT molecular complexity index is 482. The summed E-state index contributed by atoms with van der Waals surface area (Å²) >= 11 is 0. The molecule has 1 atom stereocenters. The van der Waals surface area contributed by atoms with E-state index in [-0.39, 0.29) is 6.04 Å². The number of rotatable bonds is 7. The molecule has 1 unspecified atom stereocenters. The van der Waals surface area contributed by atoms with Crippen LogP contribution < -0.4 is 5.32 Å². The zero-order chi connectivity index (χ0) is 13.5. The van der Waals surface area contributed by atoms with Crippen molar-refractivity contribution in [3.63, 3.8) is 0 Å². The van der Waals surface area contributed by atoms with Crippen molar-refractivity contribution in [2.45, 2.75) is 32.2 Å². The molecule has 0 spiro atoms. The third-order valence-electron chi connectivity index (χ3n) is 3.26. The van der Waals surface area contributed by atoms with Crippen LogP contribution in [0.1, 0.15) is 37.2 Å². The van der Waals surface area contributed by atoms with Crippen LogP contribution in [0.2, 0.25) is 0 Å². The third-order valence-corrected chi connectivity index (χ3v) is 3.26. The van der Waals surface area contributed by atoms with Crippen molar-refractivity contribution in [2.24, 2.45) is 0 Å². The van der Waals surface area contributed by atoms with Gasteiger partial charge in [-0.05, 0) is 25.5 Å². The molecule has 0 fully saturated rings. The van der Waals surface area contributed by atoms with Gasteiger partial charge in [0.15, 0.2) is 0 Å². The molecule has 0 aliphatic heterocycles. The smallest absolute Gasteiger partial charge is 0.120 e. The summed E-state index contributed by atoms with van der Waals surface area (Å²) in [6, 6.07) is 7.73. The summed E-state index contributed by atoms with van der Waals surface area (Å²) in [6.07, 6.45) is 6.55. The average molecular weight is 259 g/mol. The zero-order valence-electron chi connectivity index (χ0n) is 11.3. The maximum atomic E-state index is 9.86. The van der Waals surface area contributed by atoms with Crippen LogP contribution in [-0.2, 0) is 6.42 Å². The molecule has 0 saturated heterocycles. The number of nitrogens with zero attached hydrogens (tertiary/aromatic N) is 1. The number of hydrogen-bond donors (Lipinski definition) is 3. The van der Waals surface area contributed by atoms with Crippen molar-refractivity contribution in [3.8, 4) is 5.75 Å². The van der Waals surface area contributed by atoms with Crippen LogP contribution in [0.15, 0.2) is 36.7 Å². The van der Waals surface area contributed by atoms with Crippen LogP contribution in [0.5, 0.6) is 5.75 Å². The number of imidazole rings is 1. The number of aromatic amines is 1. The predicted molar refractivity (Wildman–Crippen MR) is 76.1 cm³/mol. The minimum absolute atomic E-state index is 0.206. The van der Waals surface area contributed by atoms with Gasteiger partial charge in [0.2, 0.25) is 0 Å². The predicted octanol–water partition coefficient (Wildman–Crippen LogP) is 2.79. The first-order valence-electron chi connectivity index (χ1n) is 6.80. The van der Waals surface area contributed by atoms with E-state index in [4.69, 9.17) is 0 Å². The lowest BCUT2D eigenvalue weighted by molar-refractivity contribution is 0.439. The van der Waals surface area contributed by atoms with Crippen molar-refractivity contribution in [1.82, 2.24) is 15.3 Å². The Morgan fingerprint density at radius 1 is 1.37 bits per heavy atom. The minimum Gasteiger partial charge on any atom is -0.508 e. The molecule has 0 radical (unpaired) electrons. The highest BCUT2D eigenvalue weighted by Gasteiger charge is 2.11. The van der Waals surface area contributed by atoms with E-state index >= 15 is 0 Å². The van der Waals surface area contributed by atoms with Gasteiger partial charge in [-0.25, -0.2) is 4.98 Å². The monoisotopic (exact) mass is 259 g/mol. The van der Waals surface area contributed by atoms with Gasteiger partial charge < -0.3 is 15.4 Å². The van der Waals surface area contributed by atoms with E-state index in [9.17, 15) is 5.11 Å². The van der Waals surface area contributed by atoms with Crippen molar-refractivity contribution in [3.05, 3.63) is 48.0 Å². The number of para-hydroxylation sites is 1. The third kappa shape index (κ3) is 3.83. The van der Waals surface area contributed by atoms with Crippen LogP contribution in [0.25, 0.3) is 0 Å². The molecular formula is C15H21N3O. The van der Waals surface area contributed by atoms with Crippen molar-refractivity contribution < 1.29 is 5.11 Å². The quantitative estimate of drug-likeness (QED) is 0.670. The second-order valence-corrected chi connectivity index (χ2v) is 4.61. The second-order valence-electron chi connectivity index (χ2n) is 4.61. The van der Waals surface area contributed by atoms with Gasteiger partial charge in [-0.15, -0.1) is 0 Å². The maximum Gasteiger partial charge on any atom is 0.120 e. The summed E-state index contributed by atoms with van der Waals surface area (Å²) in [5.41, 5.74) is 0.975. The molecular weight excluding hydrogens is 238 g/mol. The van der Waals surface area contributed by atoms with Crippen LogP contribution >= 0.6 is 0 Å². The first kappa shape index (κ1) is 13.6. The maximum absolute atomic E-state index is 9.86. The second kappa shape index (κ2) is 6.95. The Hall–Kier alpha value is -1.81. The Kier molecular flexibility index (Phi) is 4.98. The molecule has 0 saturated carbocycles. The van der Waals surface area contributed by atoms with Crippen molar-refractivity contribution in [1.29, 1.82) is 0 Å². The van der Waals surface area contributed by atoms with Gasteiger partial charge >= 0.3 is 0 Å². The number of phenolic OH excluding ortho intramolecular Hbond substituents is 1. The lowest BCUT2D eigenvalue weighted by Gasteiger charge is -2.18. The summed E-state index contributed by atoms with van der Waals surface area (Å²) in [7, 11) is 0. The van der Waals surface area contributed by atoms with E-state index in [0.29, 0.717) is 5.75 Å². The van der Waals surface area contributed by atoms with Gasteiger partial charge in [0.05, 0.1) is 0 Å². The van der Waals surface area contributed by atoms with Crippen molar-refractivity contribution >= 4 is 0 Å². The molecule has 4 nitrogen and oxygen atoms in total. The van der Waals surface area contributed by atoms with E-state index < -0.39 is 0 Å². The van der Waals surface area contributed by atoms with Gasteiger partial charge in [0.25, 0.3) is 0 Å².